The van der Waals surface area contributed by atoms with Crippen molar-refractivity contribution in [1.29, 1.82) is 0 Å². The molecule has 2 aliphatic carbocycles. The summed E-state index contributed by atoms with van der Waals surface area (Å²) in [6.45, 7) is 32.5. The number of aryl methyl sites for hydroxylation is 2. The summed E-state index contributed by atoms with van der Waals surface area (Å²) in [5.41, 5.74) is 32.6. The number of nitrogens with zero attached hydrogens (tertiary/aromatic N) is 12. The molecule has 18 aromatic rings. The van der Waals surface area contributed by atoms with Crippen LogP contribution in [0, 0.1) is 13.8 Å². The molecule has 0 spiro atoms. The number of benzene rings is 15. The lowest BCUT2D eigenvalue weighted by molar-refractivity contribution is 0.443. The fourth-order valence-corrected chi connectivity index (χ4v) is 24.1. The maximum absolute atomic E-state index is 5.13. The Hall–Kier alpha value is -14.8. The molecule has 2 saturated carbocycles. The molecule has 0 unspecified atom stereocenters. The largest absolute Gasteiger partial charge is 0.310 e. The number of fused-ring (bicyclic) bond motifs is 6. The zero-order valence-electron chi connectivity index (χ0n) is 84.2. The van der Waals surface area contributed by atoms with Crippen molar-refractivity contribution in [3.05, 3.63) is 420 Å². The summed E-state index contributed by atoms with van der Waals surface area (Å²) < 4.78 is 0. The SMILES string of the molecule is CC1(C)c2ccccc2N(c2ccc(-c3nc(-c4ccc(C5CCCCC5)cc4)nc(-c4ccc(C5CCCCC5)cc4)n3)cc2)c2ccccc21.CC1(C)c2ccccc2N(c2ccc(-c3nc(-c4ccc([Si](C)(C)C)cc4)nc(-c4ccc([Si](C)(C)C)cc4)n3)cc2)c2ccccc21.Cc1ccc2c(c1)C(C)(C)c1cc(C)ccc1N2c1ccc(-c2nc(-c3ccccc3)nc(-c3ccccc3)n2)cc1. The van der Waals surface area contributed by atoms with Gasteiger partial charge in [-0.25, -0.2) is 44.9 Å². The predicted octanol–water partition coefficient (Wildman–Crippen LogP) is 32.7. The van der Waals surface area contributed by atoms with Crippen LogP contribution in [0.25, 0.3) is 102 Å². The van der Waals surface area contributed by atoms with Crippen LogP contribution in [0.3, 0.4) is 0 Å². The van der Waals surface area contributed by atoms with E-state index in [1.165, 1.54) is 164 Å². The van der Waals surface area contributed by atoms with E-state index in [9.17, 15) is 0 Å². The van der Waals surface area contributed by atoms with Crippen molar-refractivity contribution in [2.75, 3.05) is 14.7 Å². The molecular formula is C128H124N12Si2. The van der Waals surface area contributed by atoms with Gasteiger partial charge in [-0.1, -0.05) is 396 Å². The molecule has 3 aliphatic heterocycles. The standard InChI is InChI=1S/C48H48N4.C42H44N4Si2.C38H32N4/c1-48(2)41-17-9-11-19-43(41)52(44-20-12-10-18-42(44)48)40-31-29-39(30-32-40)47-50-45(37-25-21-35(22-26-37)33-13-5-3-6-14-33)49-46(51-47)38-27-23-36(24-28-38)34-15-7-4-8-16-34;1-42(2)35-13-9-11-15-37(35)46(38-16-12-10-14-36(38)42)32-23-17-29(18-24-32)39-43-40(30-19-25-33(26-20-30)47(3,4)5)45-41(44-39)31-21-27-34(28-22-31)48(6,7)8;1-25-15-21-33-31(23-25)38(3,4)32-24-26(2)16-22-34(32)42(33)30-19-17-29(18-20-30)37-40-35(27-11-7-5-8-12-27)39-36(41-37)28-13-9-6-10-14-28/h9-12,17-34H,3-8,13-16H2,1-2H3;9-28H,1-8H3;5-24H,1-4H3. The highest BCUT2D eigenvalue weighted by atomic mass is 28.3. The summed E-state index contributed by atoms with van der Waals surface area (Å²) in [5.74, 6) is 7.50. The predicted molar refractivity (Wildman–Crippen MR) is 596 cm³/mol. The van der Waals surface area contributed by atoms with Gasteiger partial charge in [-0.2, -0.15) is 0 Å². The van der Waals surface area contributed by atoms with Crippen molar-refractivity contribution in [2.45, 2.75) is 187 Å². The average molecular weight is 1890 g/mol. The van der Waals surface area contributed by atoms with Gasteiger partial charge >= 0.3 is 0 Å². The normalized spacial score (nSPS) is 15.0. The van der Waals surface area contributed by atoms with Crippen molar-refractivity contribution < 1.29 is 0 Å². The molecule has 0 saturated heterocycles. The summed E-state index contributed by atoms with van der Waals surface area (Å²) in [5, 5.41) is 2.84. The molecule has 142 heavy (non-hydrogen) atoms. The first kappa shape index (κ1) is 93.5. The minimum atomic E-state index is -1.43. The Balaban J connectivity index is 0.000000127. The molecule has 12 nitrogen and oxygen atoms in total. The van der Waals surface area contributed by atoms with Crippen LogP contribution in [0.4, 0.5) is 51.2 Å². The van der Waals surface area contributed by atoms with Crippen molar-refractivity contribution in [1.82, 2.24) is 44.9 Å². The number of hydrogen-bond donors (Lipinski definition) is 0. The summed E-state index contributed by atoms with van der Waals surface area (Å²) in [6.07, 6.45) is 13.2. The summed E-state index contributed by atoms with van der Waals surface area (Å²) in [6, 6.07) is 131. The highest BCUT2D eigenvalue weighted by molar-refractivity contribution is 6.89. The first-order valence-corrected chi connectivity index (χ1v) is 57.9. The lowest BCUT2D eigenvalue weighted by Crippen LogP contribution is -2.37. The van der Waals surface area contributed by atoms with Crippen LogP contribution in [0.1, 0.15) is 173 Å². The van der Waals surface area contributed by atoms with E-state index in [2.05, 4.69) is 413 Å². The fourth-order valence-electron chi connectivity index (χ4n) is 21.8. The fraction of sp³-hybridized carbons (Fsp3) is 0.227. The Labute approximate surface area is 840 Å². The molecule has 5 aliphatic rings. The molecule has 2 fully saturated rings. The summed E-state index contributed by atoms with van der Waals surface area (Å²) in [4.78, 5) is 52.4. The van der Waals surface area contributed by atoms with E-state index in [1.807, 2.05) is 60.7 Å². The summed E-state index contributed by atoms with van der Waals surface area (Å²) >= 11 is 0. The number of anilines is 9. The number of aromatic nitrogens is 9. The van der Waals surface area contributed by atoms with Gasteiger partial charge in [0.05, 0.1) is 50.3 Å². The van der Waals surface area contributed by atoms with Crippen LogP contribution in [-0.4, -0.2) is 61.0 Å². The van der Waals surface area contributed by atoms with Crippen molar-refractivity contribution in [3.8, 4) is 102 Å². The van der Waals surface area contributed by atoms with E-state index in [-0.39, 0.29) is 16.2 Å². The van der Waals surface area contributed by atoms with E-state index >= 15 is 0 Å². The molecule has 23 rings (SSSR count). The quantitative estimate of drug-likeness (QED) is 0.0855. The van der Waals surface area contributed by atoms with Gasteiger partial charge in [-0.05, 0) is 205 Å². The van der Waals surface area contributed by atoms with E-state index < -0.39 is 16.1 Å². The molecule has 14 heteroatoms. The van der Waals surface area contributed by atoms with Crippen LogP contribution in [0.5, 0.6) is 0 Å². The van der Waals surface area contributed by atoms with Gasteiger partial charge in [0.15, 0.2) is 52.4 Å². The second-order valence-electron chi connectivity index (χ2n) is 42.9. The maximum atomic E-state index is 5.13. The lowest BCUT2D eigenvalue weighted by atomic mass is 9.72. The third kappa shape index (κ3) is 18.7. The monoisotopic (exact) mass is 1880 g/mol. The van der Waals surface area contributed by atoms with E-state index in [4.69, 9.17) is 44.9 Å². The van der Waals surface area contributed by atoms with Gasteiger partial charge in [-0.15, -0.1) is 0 Å². The number of hydrogen-bond acceptors (Lipinski definition) is 12. The Morgan fingerprint density at radius 2 is 0.415 bits per heavy atom. The third-order valence-electron chi connectivity index (χ3n) is 30.0. The van der Waals surface area contributed by atoms with Gasteiger partial charge in [0.25, 0.3) is 0 Å². The van der Waals surface area contributed by atoms with Gasteiger partial charge in [-0.3, -0.25) is 0 Å². The minimum Gasteiger partial charge on any atom is -0.310 e. The second-order valence-corrected chi connectivity index (χ2v) is 53.0. The Morgan fingerprint density at radius 1 is 0.211 bits per heavy atom. The molecule has 15 aromatic carbocycles. The zero-order chi connectivity index (χ0) is 97.8. The Morgan fingerprint density at radius 3 is 0.662 bits per heavy atom. The molecule has 0 atom stereocenters. The molecule has 0 bridgehead atoms. The number of rotatable bonds is 16. The van der Waals surface area contributed by atoms with Crippen LogP contribution < -0.4 is 25.1 Å². The van der Waals surface area contributed by atoms with Crippen LogP contribution in [0.2, 0.25) is 39.3 Å². The molecule has 6 heterocycles. The van der Waals surface area contributed by atoms with Crippen LogP contribution in [0.15, 0.2) is 364 Å². The first-order valence-electron chi connectivity index (χ1n) is 50.9. The third-order valence-corrected chi connectivity index (χ3v) is 34.2. The van der Waals surface area contributed by atoms with Gasteiger partial charge in [0.1, 0.15) is 0 Å². The smallest absolute Gasteiger partial charge is 0.164 e. The van der Waals surface area contributed by atoms with Gasteiger partial charge in [0.2, 0.25) is 0 Å². The lowest BCUT2D eigenvalue weighted by Gasteiger charge is -2.42. The van der Waals surface area contributed by atoms with Crippen molar-refractivity contribution in [3.63, 3.8) is 0 Å². The number of para-hydroxylation sites is 4. The molecular weight excluding hydrogens is 1760 g/mol. The second kappa shape index (κ2) is 38.6. The minimum absolute atomic E-state index is 0.0927. The highest BCUT2D eigenvalue weighted by Crippen LogP contribution is 2.56. The van der Waals surface area contributed by atoms with Crippen LogP contribution >= 0.6 is 0 Å². The van der Waals surface area contributed by atoms with Crippen molar-refractivity contribution in [2.24, 2.45) is 0 Å². The van der Waals surface area contributed by atoms with E-state index in [0.29, 0.717) is 52.6 Å². The molecule has 0 radical (unpaired) electrons. The van der Waals surface area contributed by atoms with Gasteiger partial charge in [0, 0.05) is 83.4 Å². The maximum Gasteiger partial charge on any atom is 0.164 e. The van der Waals surface area contributed by atoms with E-state index in [0.717, 1.165) is 78.8 Å². The molecule has 0 N–H and O–H groups in total. The topological polar surface area (TPSA) is 126 Å². The van der Waals surface area contributed by atoms with E-state index in [1.54, 1.807) is 0 Å². The van der Waals surface area contributed by atoms with Crippen molar-refractivity contribution >= 4 is 77.7 Å². The summed E-state index contributed by atoms with van der Waals surface area (Å²) in [7, 11) is -2.86. The average Bonchev–Trinajstić information content (AvgIpc) is 0.728. The Bertz CT molecular complexity index is 7260. The first-order chi connectivity index (χ1) is 68.7. The zero-order valence-corrected chi connectivity index (χ0v) is 86.2. The van der Waals surface area contributed by atoms with Gasteiger partial charge < -0.3 is 14.7 Å². The molecule has 3 aromatic heterocycles. The van der Waals surface area contributed by atoms with Crippen LogP contribution in [-0.2, 0) is 16.2 Å². The highest BCUT2D eigenvalue weighted by Gasteiger charge is 2.41. The molecule has 0 amide bonds. The molecule has 704 valence electrons. The Kier molecular flexibility index (Phi) is 25.4.